The van der Waals surface area contributed by atoms with Gasteiger partial charge < -0.3 is 10.1 Å². The number of aryl methyl sites for hydroxylation is 1. The molecule has 1 aromatic carbocycles. The molecule has 1 N–H and O–H groups in total. The smallest absolute Gasteiger partial charge is 0.306 e. The summed E-state index contributed by atoms with van der Waals surface area (Å²) < 4.78 is 18.0. The number of ether oxygens (including phenoxy) is 1. The predicted molar refractivity (Wildman–Crippen MR) is 82.3 cm³/mol. The lowest BCUT2D eigenvalue weighted by Gasteiger charge is -2.07. The molecule has 2 aromatic rings. The van der Waals surface area contributed by atoms with Gasteiger partial charge in [0, 0.05) is 24.4 Å². The summed E-state index contributed by atoms with van der Waals surface area (Å²) in [5.41, 5.74) is 1.24. The predicted octanol–water partition coefficient (Wildman–Crippen LogP) is 2.13. The first kappa shape index (κ1) is 16.6. The van der Waals surface area contributed by atoms with E-state index in [4.69, 9.17) is 4.74 Å². The zero-order valence-corrected chi connectivity index (χ0v) is 12.5. The molecule has 0 aliphatic rings. The van der Waals surface area contributed by atoms with Gasteiger partial charge in [0.15, 0.2) is 0 Å². The van der Waals surface area contributed by atoms with Crippen LogP contribution in [0.15, 0.2) is 48.8 Å². The molecular formula is C17H17FN2O3. The number of carbonyl (C=O) groups excluding carboxylic acids is 2. The van der Waals surface area contributed by atoms with Crippen molar-refractivity contribution in [2.45, 2.75) is 12.8 Å². The standard InChI is InChI=1S/C17H17FN2O3/c18-15-3-1-2-13(12-15)4-5-16(21)23-11-10-20-17(22)14-6-8-19-9-7-14/h1-3,6-9,12H,4-5,10-11H2,(H,20,22). The van der Waals surface area contributed by atoms with Crippen molar-refractivity contribution in [1.82, 2.24) is 10.3 Å². The van der Waals surface area contributed by atoms with Gasteiger partial charge in [-0.05, 0) is 36.2 Å². The maximum atomic E-state index is 13.0. The molecule has 5 nitrogen and oxygen atoms in total. The Bertz CT molecular complexity index is 662. The molecule has 0 aliphatic carbocycles. The van der Waals surface area contributed by atoms with Crippen LogP contribution >= 0.6 is 0 Å². The van der Waals surface area contributed by atoms with Crippen LogP contribution in [0, 0.1) is 5.82 Å². The number of aromatic nitrogens is 1. The van der Waals surface area contributed by atoms with Crippen LogP contribution in [0.25, 0.3) is 0 Å². The maximum absolute atomic E-state index is 13.0. The number of pyridine rings is 1. The second kappa shape index (κ2) is 8.63. The van der Waals surface area contributed by atoms with E-state index in [9.17, 15) is 14.0 Å². The molecular weight excluding hydrogens is 299 g/mol. The molecule has 0 aliphatic heterocycles. The molecule has 0 saturated heterocycles. The number of nitrogens with one attached hydrogen (secondary N) is 1. The number of carbonyl (C=O) groups is 2. The van der Waals surface area contributed by atoms with Crippen molar-refractivity contribution in [3.63, 3.8) is 0 Å². The first-order valence-electron chi connectivity index (χ1n) is 7.23. The summed E-state index contributed by atoms with van der Waals surface area (Å²) in [5, 5.41) is 2.64. The van der Waals surface area contributed by atoms with Crippen molar-refractivity contribution >= 4 is 11.9 Å². The number of hydrogen-bond acceptors (Lipinski definition) is 4. The summed E-state index contributed by atoms with van der Waals surface area (Å²) in [6, 6.07) is 9.30. The molecule has 23 heavy (non-hydrogen) atoms. The molecule has 0 radical (unpaired) electrons. The van der Waals surface area contributed by atoms with Gasteiger partial charge in [-0.2, -0.15) is 0 Å². The van der Waals surface area contributed by atoms with Gasteiger partial charge in [0.05, 0.1) is 6.54 Å². The average Bonchev–Trinajstić information content (AvgIpc) is 2.57. The zero-order chi connectivity index (χ0) is 16.5. The van der Waals surface area contributed by atoms with Crippen molar-refractivity contribution in [3.8, 4) is 0 Å². The van der Waals surface area contributed by atoms with Crippen LogP contribution in [-0.4, -0.2) is 30.0 Å². The molecule has 120 valence electrons. The Kier molecular flexibility index (Phi) is 6.23. The lowest BCUT2D eigenvalue weighted by Crippen LogP contribution is -2.28. The summed E-state index contributed by atoms with van der Waals surface area (Å²) in [6.45, 7) is 0.325. The molecule has 0 atom stereocenters. The number of esters is 1. The summed E-state index contributed by atoms with van der Waals surface area (Å²) in [6.07, 6.45) is 3.64. The molecule has 1 aromatic heterocycles. The van der Waals surface area contributed by atoms with Gasteiger partial charge in [-0.25, -0.2) is 4.39 Å². The highest BCUT2D eigenvalue weighted by Crippen LogP contribution is 2.06. The minimum atomic E-state index is -0.382. The zero-order valence-electron chi connectivity index (χ0n) is 12.5. The van der Waals surface area contributed by atoms with Gasteiger partial charge in [0.1, 0.15) is 12.4 Å². The van der Waals surface area contributed by atoms with Crippen LogP contribution in [0.1, 0.15) is 22.3 Å². The van der Waals surface area contributed by atoms with Gasteiger partial charge in [-0.15, -0.1) is 0 Å². The normalized spacial score (nSPS) is 10.1. The Hall–Kier alpha value is -2.76. The quantitative estimate of drug-likeness (QED) is 0.627. The van der Waals surface area contributed by atoms with Crippen molar-refractivity contribution in [3.05, 3.63) is 65.7 Å². The van der Waals surface area contributed by atoms with Crippen molar-refractivity contribution in [2.24, 2.45) is 0 Å². The topological polar surface area (TPSA) is 68.3 Å². The van der Waals surface area contributed by atoms with E-state index in [1.165, 1.54) is 24.5 Å². The molecule has 0 saturated carbocycles. The van der Waals surface area contributed by atoms with Gasteiger partial charge >= 0.3 is 5.97 Å². The van der Waals surface area contributed by atoms with Crippen molar-refractivity contribution in [1.29, 1.82) is 0 Å². The van der Waals surface area contributed by atoms with Crippen molar-refractivity contribution < 1.29 is 18.7 Å². The summed E-state index contributed by atoms with van der Waals surface area (Å²) >= 11 is 0. The minimum Gasteiger partial charge on any atom is -0.464 e. The van der Waals surface area contributed by atoms with E-state index in [-0.39, 0.29) is 37.3 Å². The number of hydrogen-bond donors (Lipinski definition) is 1. The van der Waals surface area contributed by atoms with Gasteiger partial charge in [-0.1, -0.05) is 12.1 Å². The maximum Gasteiger partial charge on any atom is 0.306 e. The molecule has 6 heteroatoms. The Morgan fingerprint density at radius 3 is 2.70 bits per heavy atom. The first-order chi connectivity index (χ1) is 11.1. The first-order valence-corrected chi connectivity index (χ1v) is 7.23. The van der Waals surface area contributed by atoms with Crippen molar-refractivity contribution in [2.75, 3.05) is 13.2 Å². The largest absolute Gasteiger partial charge is 0.464 e. The Morgan fingerprint density at radius 1 is 1.17 bits per heavy atom. The number of benzene rings is 1. The van der Waals surface area contributed by atoms with E-state index < -0.39 is 0 Å². The van der Waals surface area contributed by atoms with E-state index >= 15 is 0 Å². The molecule has 1 heterocycles. The third kappa shape index (κ3) is 5.86. The molecule has 0 spiro atoms. The van der Waals surface area contributed by atoms with Crippen LogP contribution in [0.4, 0.5) is 4.39 Å². The Labute approximate surface area is 133 Å². The van der Waals surface area contributed by atoms with Crippen LogP contribution < -0.4 is 5.32 Å². The summed E-state index contributed by atoms with van der Waals surface area (Å²) in [5.74, 6) is -0.953. The fraction of sp³-hybridized carbons (Fsp3) is 0.235. The molecule has 2 rings (SSSR count). The second-order valence-corrected chi connectivity index (χ2v) is 4.84. The Morgan fingerprint density at radius 2 is 1.96 bits per heavy atom. The Balaban J connectivity index is 1.62. The highest BCUT2D eigenvalue weighted by Gasteiger charge is 2.06. The van der Waals surface area contributed by atoms with E-state index in [2.05, 4.69) is 10.3 Å². The summed E-state index contributed by atoms with van der Waals surface area (Å²) in [4.78, 5) is 27.1. The molecule has 0 unspecified atom stereocenters. The van der Waals surface area contributed by atoms with E-state index in [0.29, 0.717) is 12.0 Å². The highest BCUT2D eigenvalue weighted by molar-refractivity contribution is 5.93. The van der Waals surface area contributed by atoms with Crippen LogP contribution in [0.3, 0.4) is 0 Å². The SMILES string of the molecule is O=C(CCc1cccc(F)c1)OCCNC(=O)c1ccncc1. The average molecular weight is 316 g/mol. The molecule has 1 amide bonds. The highest BCUT2D eigenvalue weighted by atomic mass is 19.1. The van der Waals surface area contributed by atoms with Crippen LogP contribution in [-0.2, 0) is 16.0 Å². The number of rotatable bonds is 7. The molecule has 0 bridgehead atoms. The molecule has 0 fully saturated rings. The minimum absolute atomic E-state index is 0.0960. The third-order valence-corrected chi connectivity index (χ3v) is 3.10. The van der Waals surface area contributed by atoms with Gasteiger partial charge in [-0.3, -0.25) is 14.6 Å². The monoisotopic (exact) mass is 316 g/mol. The number of halogens is 1. The van der Waals surface area contributed by atoms with Crippen LogP contribution in [0.5, 0.6) is 0 Å². The third-order valence-electron chi connectivity index (χ3n) is 3.10. The summed E-state index contributed by atoms with van der Waals surface area (Å²) in [7, 11) is 0. The van der Waals surface area contributed by atoms with E-state index in [1.807, 2.05) is 0 Å². The fourth-order valence-corrected chi connectivity index (χ4v) is 1.95. The van der Waals surface area contributed by atoms with E-state index in [1.54, 1.807) is 24.3 Å². The lowest BCUT2D eigenvalue weighted by molar-refractivity contribution is -0.143. The van der Waals surface area contributed by atoms with Gasteiger partial charge in [0.25, 0.3) is 5.91 Å². The van der Waals surface area contributed by atoms with Gasteiger partial charge in [0.2, 0.25) is 0 Å². The second-order valence-electron chi connectivity index (χ2n) is 4.84. The number of amides is 1. The van der Waals surface area contributed by atoms with E-state index in [0.717, 1.165) is 5.56 Å². The lowest BCUT2D eigenvalue weighted by atomic mass is 10.1. The fourth-order valence-electron chi connectivity index (χ4n) is 1.95. The number of nitrogens with zero attached hydrogens (tertiary/aromatic N) is 1. The van der Waals surface area contributed by atoms with Crippen LogP contribution in [0.2, 0.25) is 0 Å².